The quantitative estimate of drug-likeness (QED) is 0.311. The monoisotopic (exact) mass is 376 g/mol. The molecule has 0 aromatic heterocycles. The zero-order valence-electron chi connectivity index (χ0n) is 14.7. The Balaban J connectivity index is 2.61. The molecule has 0 fully saturated rings. The molecule has 12 heteroatoms. The molecule has 0 spiro atoms. The fraction of sp³-hybridized carbons (Fsp3) is 0.200. The van der Waals surface area contributed by atoms with Crippen molar-refractivity contribution in [1.82, 2.24) is 5.01 Å². The van der Waals surface area contributed by atoms with Crippen LogP contribution in [0.25, 0.3) is 0 Å². The predicted molar refractivity (Wildman–Crippen MR) is 94.6 cm³/mol. The van der Waals surface area contributed by atoms with Crippen LogP contribution < -0.4 is 9.74 Å². The first kappa shape index (κ1) is 19.4. The van der Waals surface area contributed by atoms with Crippen molar-refractivity contribution in [3.63, 3.8) is 0 Å². The van der Waals surface area contributed by atoms with Crippen LogP contribution in [0.15, 0.2) is 47.7 Å². The summed E-state index contributed by atoms with van der Waals surface area (Å²) in [5.74, 6) is -0.411. The number of benzene rings is 2. The highest BCUT2D eigenvalue weighted by atomic mass is 16.7. The molecule has 0 heterocycles. The summed E-state index contributed by atoms with van der Waals surface area (Å²) in [7, 11) is 4.33. The molecular weight excluding hydrogens is 360 g/mol. The van der Waals surface area contributed by atoms with Crippen LogP contribution >= 0.6 is 0 Å². The number of nitrogens with zero attached hydrogens (tertiary/aromatic N) is 6. The van der Waals surface area contributed by atoms with Gasteiger partial charge in [-0.25, -0.2) is 0 Å². The molecule has 0 bridgehead atoms. The van der Waals surface area contributed by atoms with E-state index in [0.717, 1.165) is 17.1 Å². The van der Waals surface area contributed by atoms with Crippen molar-refractivity contribution in [1.29, 1.82) is 0 Å². The van der Waals surface area contributed by atoms with Crippen molar-refractivity contribution in [2.24, 2.45) is 5.28 Å². The molecule has 27 heavy (non-hydrogen) atoms. The first-order valence-electron chi connectivity index (χ1n) is 7.50. The lowest BCUT2D eigenvalue weighted by molar-refractivity contribution is -0.695. The molecular formula is C15H16N6O6. The topological polar surface area (TPSA) is 140 Å². The third kappa shape index (κ3) is 4.36. The van der Waals surface area contributed by atoms with E-state index in [1.807, 2.05) is 0 Å². The van der Waals surface area contributed by atoms with Crippen molar-refractivity contribution in [2.45, 2.75) is 0 Å². The third-order valence-corrected chi connectivity index (χ3v) is 3.51. The SMILES string of the molecule is CN(c1ccccc1)c1cc(O/N=[N+](\[O-])N(C)C)c([N+](=O)[O-])cc1[N+](=O)[O-]. The smallest absolute Gasteiger partial charge is 0.321 e. The Morgan fingerprint density at radius 2 is 1.52 bits per heavy atom. The summed E-state index contributed by atoms with van der Waals surface area (Å²) in [4.78, 5) is 27.5. The van der Waals surface area contributed by atoms with Gasteiger partial charge in [0, 0.05) is 18.8 Å². The molecule has 142 valence electrons. The van der Waals surface area contributed by atoms with Gasteiger partial charge in [-0.1, -0.05) is 18.2 Å². The number of para-hydroxylation sites is 1. The summed E-state index contributed by atoms with van der Waals surface area (Å²) in [6.45, 7) is 0. The highest BCUT2D eigenvalue weighted by Crippen LogP contribution is 2.41. The first-order chi connectivity index (χ1) is 12.7. The lowest BCUT2D eigenvalue weighted by atomic mass is 10.2. The maximum Gasteiger partial charge on any atom is 0.321 e. The molecule has 0 amide bonds. The number of rotatable bonds is 7. The van der Waals surface area contributed by atoms with E-state index in [1.54, 1.807) is 37.4 Å². The normalized spacial score (nSPS) is 11.0. The molecule has 0 aliphatic carbocycles. The van der Waals surface area contributed by atoms with Crippen LogP contribution in [0.5, 0.6) is 5.75 Å². The molecule has 0 saturated heterocycles. The van der Waals surface area contributed by atoms with E-state index in [4.69, 9.17) is 4.84 Å². The second kappa shape index (κ2) is 7.95. The molecule has 0 atom stereocenters. The standard InChI is InChI=1S/C15H16N6O6/c1-17(2)21(26)16-27-15-10-12(18(3)11-7-5-4-6-8-11)13(19(22)23)9-14(15)20(24)25/h4-10H,1-3H3/b21-16-. The van der Waals surface area contributed by atoms with Crippen molar-refractivity contribution in [3.8, 4) is 5.75 Å². The average Bonchev–Trinajstić information content (AvgIpc) is 2.65. The van der Waals surface area contributed by atoms with Gasteiger partial charge in [-0.05, 0) is 12.1 Å². The van der Waals surface area contributed by atoms with Crippen LogP contribution in [0.4, 0.5) is 22.7 Å². The number of hydrogen-bond acceptors (Lipinski definition) is 8. The Bertz CT molecular complexity index is 886. The van der Waals surface area contributed by atoms with Crippen molar-refractivity contribution >= 4 is 22.7 Å². The number of hydrazine groups is 1. The molecule has 0 saturated carbocycles. The lowest BCUT2D eigenvalue weighted by Crippen LogP contribution is -2.21. The Hall–Kier alpha value is -3.96. The molecule has 0 aliphatic rings. The van der Waals surface area contributed by atoms with Gasteiger partial charge in [0.05, 0.1) is 28.9 Å². The first-order valence-corrected chi connectivity index (χ1v) is 7.50. The molecule has 2 aromatic rings. The Morgan fingerprint density at radius 1 is 0.926 bits per heavy atom. The largest absolute Gasteiger partial charge is 0.569 e. The van der Waals surface area contributed by atoms with Gasteiger partial charge >= 0.3 is 5.69 Å². The fourth-order valence-electron chi connectivity index (χ4n) is 2.12. The summed E-state index contributed by atoms with van der Waals surface area (Å²) in [6, 6.07) is 10.5. The number of nitro benzene ring substituents is 2. The van der Waals surface area contributed by atoms with Gasteiger partial charge in [0.25, 0.3) is 5.69 Å². The van der Waals surface area contributed by atoms with E-state index in [-0.39, 0.29) is 10.7 Å². The molecule has 0 radical (unpaired) electrons. The van der Waals surface area contributed by atoms with E-state index in [2.05, 4.69) is 5.28 Å². The van der Waals surface area contributed by atoms with Gasteiger partial charge in [0.2, 0.25) is 11.0 Å². The molecule has 0 N–H and O–H groups in total. The van der Waals surface area contributed by atoms with Gasteiger partial charge < -0.3 is 10.1 Å². The van der Waals surface area contributed by atoms with Crippen LogP contribution in [0.2, 0.25) is 0 Å². The van der Waals surface area contributed by atoms with Crippen molar-refractivity contribution < 1.29 is 19.7 Å². The summed E-state index contributed by atoms with van der Waals surface area (Å²) < 4.78 is 0. The molecule has 0 unspecified atom stereocenters. The predicted octanol–water partition coefficient (Wildman–Crippen LogP) is 3.00. The second-order valence-corrected chi connectivity index (χ2v) is 5.49. The summed E-state index contributed by atoms with van der Waals surface area (Å²) in [6.07, 6.45) is 0. The van der Waals surface area contributed by atoms with E-state index in [1.165, 1.54) is 19.0 Å². The van der Waals surface area contributed by atoms with Gasteiger partial charge in [0.1, 0.15) is 11.8 Å². The number of nitro groups is 2. The molecule has 12 nitrogen and oxygen atoms in total. The van der Waals surface area contributed by atoms with Gasteiger partial charge in [-0.15, -0.1) is 0 Å². The van der Waals surface area contributed by atoms with Crippen LogP contribution in [-0.2, 0) is 0 Å². The second-order valence-electron chi connectivity index (χ2n) is 5.49. The number of hydrogen-bond donors (Lipinski definition) is 0. The maximum atomic E-state index is 11.5. The van der Waals surface area contributed by atoms with Gasteiger partial charge in [-0.2, -0.15) is 5.01 Å². The van der Waals surface area contributed by atoms with Gasteiger partial charge in [-0.3, -0.25) is 25.1 Å². The highest BCUT2D eigenvalue weighted by molar-refractivity contribution is 5.76. The summed E-state index contributed by atoms with van der Waals surface area (Å²) in [5.41, 5.74) is -0.546. The van der Waals surface area contributed by atoms with E-state index >= 15 is 0 Å². The minimum absolute atomic E-state index is 0.0318. The minimum atomic E-state index is -0.852. The average molecular weight is 376 g/mol. The molecule has 2 rings (SSSR count). The Labute approximate surface area is 153 Å². The summed E-state index contributed by atoms with van der Waals surface area (Å²) in [5, 5.41) is 38.4. The fourth-order valence-corrected chi connectivity index (χ4v) is 2.12. The van der Waals surface area contributed by atoms with Crippen molar-refractivity contribution in [3.05, 3.63) is 67.9 Å². The lowest BCUT2D eigenvalue weighted by Gasteiger charge is -2.19. The zero-order valence-corrected chi connectivity index (χ0v) is 14.7. The van der Waals surface area contributed by atoms with Crippen molar-refractivity contribution in [2.75, 3.05) is 26.0 Å². The maximum absolute atomic E-state index is 11.5. The Morgan fingerprint density at radius 3 is 2.04 bits per heavy atom. The van der Waals surface area contributed by atoms with Gasteiger partial charge in [0.15, 0.2) is 0 Å². The van der Waals surface area contributed by atoms with Crippen LogP contribution in [0.3, 0.4) is 0 Å². The Kier molecular flexibility index (Phi) is 5.70. The third-order valence-electron chi connectivity index (χ3n) is 3.51. The molecule has 2 aromatic carbocycles. The molecule has 0 aliphatic heterocycles. The van der Waals surface area contributed by atoms with E-state index in [0.29, 0.717) is 5.69 Å². The highest BCUT2D eigenvalue weighted by Gasteiger charge is 2.29. The minimum Gasteiger partial charge on any atom is -0.569 e. The van der Waals surface area contributed by atoms with Crippen LogP contribution in [0.1, 0.15) is 0 Å². The van der Waals surface area contributed by atoms with E-state index in [9.17, 15) is 25.4 Å². The number of anilines is 2. The summed E-state index contributed by atoms with van der Waals surface area (Å²) >= 11 is 0. The van der Waals surface area contributed by atoms with Crippen LogP contribution in [0, 0.1) is 25.4 Å². The zero-order chi connectivity index (χ0) is 20.1. The van der Waals surface area contributed by atoms with Crippen LogP contribution in [-0.4, -0.2) is 41.0 Å². The van der Waals surface area contributed by atoms with E-state index < -0.39 is 27.0 Å².